The number of fused-ring (bicyclic) bond motifs is 2. The topological polar surface area (TPSA) is 26.3 Å². The number of halogens is 1. The summed E-state index contributed by atoms with van der Waals surface area (Å²) in [5.41, 5.74) is 3.67. The first-order chi connectivity index (χ1) is 11.6. The molecule has 0 saturated carbocycles. The first-order valence-corrected chi connectivity index (χ1v) is 9.70. The van der Waals surface area contributed by atoms with Gasteiger partial charge in [0.1, 0.15) is 5.75 Å². The van der Waals surface area contributed by atoms with Gasteiger partial charge in [0, 0.05) is 3.58 Å². The van der Waals surface area contributed by atoms with E-state index >= 15 is 0 Å². The van der Waals surface area contributed by atoms with Crippen LogP contribution in [0.3, 0.4) is 0 Å². The number of hydrogen-bond donors (Lipinski definition) is 0. The van der Waals surface area contributed by atoms with Crippen LogP contribution in [0.2, 0.25) is 0 Å². The van der Waals surface area contributed by atoms with Crippen molar-refractivity contribution in [1.29, 1.82) is 0 Å². The number of methoxy groups -OCH3 is 1. The lowest BCUT2D eigenvalue weighted by Crippen LogP contribution is -2.24. The van der Waals surface area contributed by atoms with Crippen molar-refractivity contribution in [1.82, 2.24) is 0 Å². The fraction of sp³-hybridized carbons (Fsp3) is 0.381. The van der Waals surface area contributed by atoms with Crippen molar-refractivity contribution in [2.45, 2.75) is 44.4 Å². The highest BCUT2D eigenvalue weighted by atomic mass is 127. The van der Waals surface area contributed by atoms with Gasteiger partial charge in [-0.1, -0.05) is 44.4 Å². The number of ether oxygens (including phenoxy) is 1. The van der Waals surface area contributed by atoms with Crippen molar-refractivity contribution in [2.75, 3.05) is 7.11 Å². The molecule has 126 valence electrons. The Morgan fingerprint density at radius 3 is 2.54 bits per heavy atom. The average molecular weight is 434 g/mol. The fourth-order valence-corrected chi connectivity index (χ4v) is 4.83. The summed E-state index contributed by atoms with van der Waals surface area (Å²) in [5.74, 6) is 0.952. The number of allylic oxidation sites excluding steroid dienone is 5. The second kappa shape index (κ2) is 7.26. The van der Waals surface area contributed by atoms with Gasteiger partial charge < -0.3 is 4.74 Å². The van der Waals surface area contributed by atoms with E-state index in [9.17, 15) is 4.79 Å². The van der Waals surface area contributed by atoms with Gasteiger partial charge >= 0.3 is 0 Å². The van der Waals surface area contributed by atoms with Crippen molar-refractivity contribution in [2.24, 2.45) is 0 Å². The maximum absolute atomic E-state index is 11.7. The summed E-state index contributed by atoms with van der Waals surface area (Å²) in [6.07, 6.45) is 13.6. The molecule has 24 heavy (non-hydrogen) atoms. The van der Waals surface area contributed by atoms with E-state index < -0.39 is 0 Å². The summed E-state index contributed by atoms with van der Waals surface area (Å²) in [6.45, 7) is 2.24. The third-order valence-corrected chi connectivity index (χ3v) is 6.21. The average Bonchev–Trinajstić information content (AvgIpc) is 2.83. The lowest BCUT2D eigenvalue weighted by atomic mass is 9.73. The SMILES string of the molecule is CCCCCCC1=C(I)c2cc(OC)ccc2C12C=CC(=O)C=C2. The van der Waals surface area contributed by atoms with Gasteiger partial charge in [-0.05, 0) is 76.4 Å². The van der Waals surface area contributed by atoms with Crippen LogP contribution in [0.5, 0.6) is 5.75 Å². The van der Waals surface area contributed by atoms with Crippen molar-refractivity contribution < 1.29 is 9.53 Å². The minimum atomic E-state index is -0.252. The molecule has 1 aromatic carbocycles. The van der Waals surface area contributed by atoms with Crippen molar-refractivity contribution in [3.05, 3.63) is 59.2 Å². The highest BCUT2D eigenvalue weighted by Crippen LogP contribution is 2.54. The molecule has 0 bridgehead atoms. The molecule has 0 saturated heterocycles. The number of rotatable bonds is 6. The van der Waals surface area contributed by atoms with Gasteiger partial charge in [0.25, 0.3) is 0 Å². The third kappa shape index (κ3) is 2.99. The molecule has 1 aromatic rings. The van der Waals surface area contributed by atoms with Crippen molar-refractivity contribution in [3.8, 4) is 5.75 Å². The lowest BCUT2D eigenvalue weighted by molar-refractivity contribution is -0.110. The standard InChI is InChI=1S/C21H23IO2/c1-3-4-5-6-7-19-20(22)17-14-16(24-2)8-9-18(17)21(19)12-10-15(23)11-13-21/h8-14H,3-7H2,1-2H3. The van der Waals surface area contributed by atoms with E-state index in [2.05, 4.69) is 53.8 Å². The molecule has 2 aliphatic rings. The Hall–Kier alpha value is -1.36. The monoisotopic (exact) mass is 434 g/mol. The van der Waals surface area contributed by atoms with Gasteiger partial charge in [0.2, 0.25) is 0 Å². The van der Waals surface area contributed by atoms with Crippen molar-refractivity contribution in [3.63, 3.8) is 0 Å². The molecule has 0 atom stereocenters. The fourth-order valence-electron chi connectivity index (χ4n) is 3.66. The molecule has 0 heterocycles. The van der Waals surface area contributed by atoms with E-state index in [0.717, 1.165) is 12.2 Å². The van der Waals surface area contributed by atoms with E-state index in [4.69, 9.17) is 4.74 Å². The van der Waals surface area contributed by atoms with Crippen LogP contribution >= 0.6 is 22.6 Å². The summed E-state index contributed by atoms with van der Waals surface area (Å²) in [5, 5.41) is 0. The zero-order chi connectivity index (χ0) is 17.2. The Kier molecular flexibility index (Phi) is 5.28. The zero-order valence-electron chi connectivity index (χ0n) is 14.3. The lowest BCUT2D eigenvalue weighted by Gasteiger charge is -2.29. The molecule has 0 aromatic heterocycles. The molecule has 2 nitrogen and oxygen atoms in total. The molecule has 0 radical (unpaired) electrons. The van der Waals surface area contributed by atoms with Crippen molar-refractivity contribution >= 4 is 32.0 Å². The van der Waals surface area contributed by atoms with Crippen LogP contribution in [0, 0.1) is 0 Å². The predicted molar refractivity (Wildman–Crippen MR) is 108 cm³/mol. The van der Waals surface area contributed by atoms with Crippen LogP contribution < -0.4 is 4.74 Å². The van der Waals surface area contributed by atoms with Crippen LogP contribution in [0.1, 0.15) is 50.2 Å². The number of benzene rings is 1. The predicted octanol–water partition coefficient (Wildman–Crippen LogP) is 5.76. The maximum atomic E-state index is 11.7. The molecule has 0 fully saturated rings. The smallest absolute Gasteiger partial charge is 0.178 e. The largest absolute Gasteiger partial charge is 0.497 e. The molecule has 0 unspecified atom stereocenters. The van der Waals surface area contributed by atoms with E-state index in [-0.39, 0.29) is 11.2 Å². The summed E-state index contributed by atoms with van der Waals surface area (Å²) in [4.78, 5) is 11.7. The Bertz CT molecular complexity index is 724. The van der Waals surface area contributed by atoms with Gasteiger partial charge in [0.15, 0.2) is 5.78 Å². The summed E-state index contributed by atoms with van der Waals surface area (Å²) >= 11 is 2.47. The summed E-state index contributed by atoms with van der Waals surface area (Å²) in [6, 6.07) is 6.29. The van der Waals surface area contributed by atoms with E-state index in [1.54, 1.807) is 19.3 Å². The molecule has 0 amide bonds. The minimum Gasteiger partial charge on any atom is -0.497 e. The number of unbranched alkanes of at least 4 members (excludes halogenated alkanes) is 3. The second-order valence-corrected chi connectivity index (χ2v) is 7.53. The van der Waals surface area contributed by atoms with Gasteiger partial charge in [0.05, 0.1) is 12.5 Å². The molecule has 0 N–H and O–H groups in total. The Balaban J connectivity index is 2.03. The van der Waals surface area contributed by atoms with Crippen LogP contribution in [0.4, 0.5) is 0 Å². The first-order valence-electron chi connectivity index (χ1n) is 8.63. The Morgan fingerprint density at radius 1 is 1.12 bits per heavy atom. The minimum absolute atomic E-state index is 0.0722. The summed E-state index contributed by atoms with van der Waals surface area (Å²) < 4.78 is 6.72. The molecule has 3 heteroatoms. The molecule has 2 aliphatic carbocycles. The quantitative estimate of drug-likeness (QED) is 0.421. The zero-order valence-corrected chi connectivity index (χ0v) is 16.4. The highest BCUT2D eigenvalue weighted by molar-refractivity contribution is 14.1. The van der Waals surface area contributed by atoms with E-state index in [0.29, 0.717) is 0 Å². The van der Waals surface area contributed by atoms with Gasteiger partial charge in [-0.15, -0.1) is 0 Å². The van der Waals surface area contributed by atoms with Crippen LogP contribution in [0.15, 0.2) is 48.1 Å². The first kappa shape index (κ1) is 17.5. The number of hydrogen-bond acceptors (Lipinski definition) is 2. The highest BCUT2D eigenvalue weighted by Gasteiger charge is 2.41. The maximum Gasteiger partial charge on any atom is 0.178 e. The van der Waals surface area contributed by atoms with Crippen LogP contribution in [0.25, 0.3) is 3.58 Å². The van der Waals surface area contributed by atoms with Gasteiger partial charge in [-0.25, -0.2) is 0 Å². The number of ketones is 1. The van der Waals surface area contributed by atoms with Gasteiger partial charge in [-0.3, -0.25) is 4.79 Å². The molecule has 1 spiro atoms. The second-order valence-electron chi connectivity index (χ2n) is 6.45. The number of carbonyl (C=O) groups is 1. The van der Waals surface area contributed by atoms with E-state index in [1.165, 1.54) is 46.0 Å². The molecule has 3 rings (SSSR count). The molecular formula is C21H23IO2. The van der Waals surface area contributed by atoms with E-state index in [1.807, 2.05) is 6.07 Å². The molecular weight excluding hydrogens is 411 g/mol. The molecule has 0 aliphatic heterocycles. The summed E-state index contributed by atoms with van der Waals surface area (Å²) in [7, 11) is 1.70. The van der Waals surface area contributed by atoms with Crippen LogP contribution in [-0.4, -0.2) is 12.9 Å². The Labute approximate surface area is 157 Å². The third-order valence-electron chi connectivity index (χ3n) is 4.97. The van der Waals surface area contributed by atoms with Gasteiger partial charge in [-0.2, -0.15) is 0 Å². The Morgan fingerprint density at radius 2 is 1.88 bits per heavy atom. The van der Waals surface area contributed by atoms with Crippen LogP contribution in [-0.2, 0) is 10.2 Å². The number of carbonyl (C=O) groups excluding carboxylic acids is 1. The normalized spacial score (nSPS) is 17.7.